The summed E-state index contributed by atoms with van der Waals surface area (Å²) in [6, 6.07) is 14.4. The first-order valence-corrected chi connectivity index (χ1v) is 7.59. The Labute approximate surface area is 125 Å². The first-order valence-electron chi connectivity index (χ1n) is 7.59. The predicted octanol–water partition coefficient (Wildman–Crippen LogP) is 2.63. The molecule has 0 aliphatic heterocycles. The van der Waals surface area contributed by atoms with E-state index in [1.165, 1.54) is 23.6 Å². The van der Waals surface area contributed by atoms with Crippen LogP contribution in [0.15, 0.2) is 42.5 Å². The molecule has 3 heteroatoms. The van der Waals surface area contributed by atoms with Crippen LogP contribution in [0.2, 0.25) is 0 Å². The molecule has 21 heavy (non-hydrogen) atoms. The number of carbonyl (C=O) groups is 1. The van der Waals surface area contributed by atoms with E-state index >= 15 is 0 Å². The van der Waals surface area contributed by atoms with Crippen molar-refractivity contribution in [1.82, 2.24) is 5.32 Å². The summed E-state index contributed by atoms with van der Waals surface area (Å²) in [4.78, 5) is 12.3. The fourth-order valence-electron chi connectivity index (χ4n) is 2.94. The Hall–Kier alpha value is -1.87. The van der Waals surface area contributed by atoms with Crippen LogP contribution in [0.1, 0.15) is 25.3 Å². The molecule has 0 bridgehead atoms. The number of hydrogen-bond acceptors (Lipinski definition) is 2. The zero-order chi connectivity index (χ0) is 14.9. The van der Waals surface area contributed by atoms with Crippen molar-refractivity contribution in [1.29, 1.82) is 0 Å². The summed E-state index contributed by atoms with van der Waals surface area (Å²) < 4.78 is 0. The number of amides is 1. The Bertz CT molecular complexity index is 663. The lowest BCUT2D eigenvalue weighted by Crippen LogP contribution is -2.53. The fourth-order valence-corrected chi connectivity index (χ4v) is 2.94. The minimum Gasteiger partial charge on any atom is -0.349 e. The van der Waals surface area contributed by atoms with Crippen LogP contribution in [0.5, 0.6) is 0 Å². The molecule has 1 aliphatic rings. The van der Waals surface area contributed by atoms with E-state index in [-0.39, 0.29) is 11.4 Å². The molecule has 0 spiro atoms. The fraction of sp³-hybridized carbons (Fsp3) is 0.389. The lowest BCUT2D eigenvalue weighted by atomic mass is 9.95. The predicted molar refractivity (Wildman–Crippen MR) is 86.0 cm³/mol. The van der Waals surface area contributed by atoms with Gasteiger partial charge in [0, 0.05) is 6.54 Å². The minimum atomic E-state index is -0.242. The maximum absolute atomic E-state index is 12.3. The summed E-state index contributed by atoms with van der Waals surface area (Å²) in [5, 5.41) is 5.51. The molecule has 0 radical (unpaired) electrons. The largest absolute Gasteiger partial charge is 0.349 e. The highest BCUT2D eigenvalue weighted by atomic mass is 16.1. The third kappa shape index (κ3) is 3.08. The van der Waals surface area contributed by atoms with Crippen molar-refractivity contribution in [2.45, 2.75) is 31.7 Å². The van der Waals surface area contributed by atoms with Gasteiger partial charge >= 0.3 is 0 Å². The number of nitrogens with two attached hydrogens (primary N) is 1. The van der Waals surface area contributed by atoms with Crippen molar-refractivity contribution in [3.63, 3.8) is 0 Å². The summed E-state index contributed by atoms with van der Waals surface area (Å²) >= 11 is 0. The van der Waals surface area contributed by atoms with Gasteiger partial charge in [0.05, 0.1) is 12.0 Å². The van der Waals surface area contributed by atoms with Gasteiger partial charge in [0.1, 0.15) is 0 Å². The van der Waals surface area contributed by atoms with Gasteiger partial charge in [-0.1, -0.05) is 42.5 Å². The van der Waals surface area contributed by atoms with E-state index in [9.17, 15) is 4.79 Å². The van der Waals surface area contributed by atoms with Gasteiger partial charge < -0.3 is 11.1 Å². The van der Waals surface area contributed by atoms with E-state index in [1.807, 2.05) is 18.2 Å². The van der Waals surface area contributed by atoms with E-state index in [2.05, 4.69) is 36.5 Å². The van der Waals surface area contributed by atoms with Gasteiger partial charge in [0.15, 0.2) is 0 Å². The molecule has 2 aromatic carbocycles. The van der Waals surface area contributed by atoms with Crippen LogP contribution < -0.4 is 11.1 Å². The number of carbonyl (C=O) groups excluding carboxylic acids is 1. The summed E-state index contributed by atoms with van der Waals surface area (Å²) in [5.41, 5.74) is 6.65. The molecule has 3 nitrogen and oxygen atoms in total. The molecule has 1 atom stereocenters. The normalized spacial score (nSPS) is 17.4. The Balaban J connectivity index is 1.71. The highest BCUT2D eigenvalue weighted by Crippen LogP contribution is 2.39. The van der Waals surface area contributed by atoms with Crippen molar-refractivity contribution >= 4 is 16.7 Å². The average Bonchev–Trinajstić information content (AvgIpc) is 3.32. The van der Waals surface area contributed by atoms with E-state index < -0.39 is 0 Å². The molecule has 3 rings (SSSR count). The van der Waals surface area contributed by atoms with E-state index in [1.54, 1.807) is 0 Å². The molecule has 3 N–H and O–H groups in total. The third-order valence-electron chi connectivity index (χ3n) is 4.51. The standard InChI is InChI=1S/C18H22N2O/c1-18(12-19,16-8-9-16)20-17(21)11-13-6-7-14-4-2-3-5-15(14)10-13/h2-7,10,16H,8-9,11-12,19H2,1H3,(H,20,21). The molecule has 1 amide bonds. The summed E-state index contributed by atoms with van der Waals surface area (Å²) in [6.07, 6.45) is 2.75. The molecule has 0 saturated heterocycles. The van der Waals surface area contributed by atoms with Crippen molar-refractivity contribution in [2.24, 2.45) is 11.7 Å². The number of hydrogen-bond donors (Lipinski definition) is 2. The lowest BCUT2D eigenvalue weighted by Gasteiger charge is -2.29. The van der Waals surface area contributed by atoms with Gasteiger partial charge in [0.2, 0.25) is 5.91 Å². The Kier molecular flexibility index (Phi) is 3.68. The molecule has 110 valence electrons. The van der Waals surface area contributed by atoms with Crippen molar-refractivity contribution in [3.05, 3.63) is 48.0 Å². The van der Waals surface area contributed by atoms with E-state index in [0.29, 0.717) is 18.9 Å². The number of rotatable bonds is 5. The maximum Gasteiger partial charge on any atom is 0.224 e. The zero-order valence-corrected chi connectivity index (χ0v) is 12.4. The van der Waals surface area contributed by atoms with Crippen LogP contribution in [0.4, 0.5) is 0 Å². The summed E-state index contributed by atoms with van der Waals surface area (Å²) in [7, 11) is 0. The molecule has 2 aromatic rings. The van der Waals surface area contributed by atoms with Crippen LogP contribution in [-0.4, -0.2) is 18.0 Å². The lowest BCUT2D eigenvalue weighted by molar-refractivity contribution is -0.122. The van der Waals surface area contributed by atoms with E-state index in [4.69, 9.17) is 5.73 Å². The second kappa shape index (κ2) is 5.49. The zero-order valence-electron chi connectivity index (χ0n) is 12.4. The maximum atomic E-state index is 12.3. The highest BCUT2D eigenvalue weighted by Gasteiger charge is 2.41. The topological polar surface area (TPSA) is 55.1 Å². The molecular formula is C18H22N2O. The molecular weight excluding hydrogens is 260 g/mol. The Morgan fingerprint density at radius 1 is 1.24 bits per heavy atom. The van der Waals surface area contributed by atoms with Crippen LogP contribution in [0.25, 0.3) is 10.8 Å². The van der Waals surface area contributed by atoms with Gasteiger partial charge in [-0.05, 0) is 42.0 Å². The van der Waals surface area contributed by atoms with E-state index in [0.717, 1.165) is 5.56 Å². The second-order valence-corrected chi connectivity index (χ2v) is 6.30. The molecule has 1 unspecified atom stereocenters. The smallest absolute Gasteiger partial charge is 0.224 e. The van der Waals surface area contributed by atoms with Crippen molar-refractivity contribution in [3.8, 4) is 0 Å². The first-order chi connectivity index (χ1) is 10.1. The molecule has 0 heterocycles. The van der Waals surface area contributed by atoms with Gasteiger partial charge in [-0.2, -0.15) is 0 Å². The SMILES string of the molecule is CC(CN)(NC(=O)Cc1ccc2ccccc2c1)C1CC1. The van der Waals surface area contributed by atoms with Crippen LogP contribution >= 0.6 is 0 Å². The summed E-state index contributed by atoms with van der Waals surface area (Å²) in [5.74, 6) is 0.605. The molecule has 1 aliphatic carbocycles. The van der Waals surface area contributed by atoms with Gasteiger partial charge in [-0.3, -0.25) is 4.79 Å². The highest BCUT2D eigenvalue weighted by molar-refractivity contribution is 5.85. The van der Waals surface area contributed by atoms with Crippen molar-refractivity contribution in [2.75, 3.05) is 6.54 Å². The number of fused-ring (bicyclic) bond motifs is 1. The van der Waals surface area contributed by atoms with Gasteiger partial charge in [-0.15, -0.1) is 0 Å². The number of nitrogens with one attached hydrogen (secondary N) is 1. The van der Waals surface area contributed by atoms with Gasteiger partial charge in [0.25, 0.3) is 0 Å². The van der Waals surface area contributed by atoms with Crippen LogP contribution in [0.3, 0.4) is 0 Å². The minimum absolute atomic E-state index is 0.0603. The third-order valence-corrected chi connectivity index (χ3v) is 4.51. The van der Waals surface area contributed by atoms with Crippen LogP contribution in [-0.2, 0) is 11.2 Å². The first kappa shape index (κ1) is 14.1. The molecule has 0 aromatic heterocycles. The monoisotopic (exact) mass is 282 g/mol. The van der Waals surface area contributed by atoms with Crippen molar-refractivity contribution < 1.29 is 4.79 Å². The molecule has 1 fully saturated rings. The average molecular weight is 282 g/mol. The Morgan fingerprint density at radius 3 is 2.62 bits per heavy atom. The summed E-state index contributed by atoms with van der Waals surface area (Å²) in [6.45, 7) is 2.56. The Morgan fingerprint density at radius 2 is 1.95 bits per heavy atom. The number of benzene rings is 2. The second-order valence-electron chi connectivity index (χ2n) is 6.30. The quantitative estimate of drug-likeness (QED) is 0.885. The van der Waals surface area contributed by atoms with Crippen LogP contribution in [0, 0.1) is 5.92 Å². The van der Waals surface area contributed by atoms with Gasteiger partial charge in [-0.25, -0.2) is 0 Å². The molecule has 1 saturated carbocycles.